The number of aliphatic hydroxyl groups excluding tert-OH is 1. The second-order valence-electron chi connectivity index (χ2n) is 5.37. The van der Waals surface area contributed by atoms with Gasteiger partial charge in [-0.3, -0.25) is 4.90 Å². The van der Waals surface area contributed by atoms with Crippen LogP contribution in [0.15, 0.2) is 0 Å². The van der Waals surface area contributed by atoms with Gasteiger partial charge in [-0.15, -0.1) is 0 Å². The van der Waals surface area contributed by atoms with Crippen molar-refractivity contribution in [3.63, 3.8) is 0 Å². The Labute approximate surface area is 98.2 Å². The number of nitrogens with zero attached hydrogens (tertiary/aromatic N) is 1. The maximum absolute atomic E-state index is 9.92. The van der Waals surface area contributed by atoms with E-state index < -0.39 is 11.7 Å². The molecular weight excluding hydrogens is 206 g/mol. The molecule has 1 heterocycles. The van der Waals surface area contributed by atoms with Crippen LogP contribution < -0.4 is 0 Å². The first-order chi connectivity index (χ1) is 7.39. The molecule has 1 aliphatic rings. The van der Waals surface area contributed by atoms with Crippen LogP contribution in [0.25, 0.3) is 0 Å². The van der Waals surface area contributed by atoms with Gasteiger partial charge in [0.15, 0.2) is 0 Å². The van der Waals surface area contributed by atoms with Gasteiger partial charge in [-0.1, -0.05) is 0 Å². The highest BCUT2D eigenvalue weighted by Crippen LogP contribution is 2.20. The van der Waals surface area contributed by atoms with Gasteiger partial charge in [-0.2, -0.15) is 0 Å². The van der Waals surface area contributed by atoms with Crippen LogP contribution in [0.5, 0.6) is 0 Å². The summed E-state index contributed by atoms with van der Waals surface area (Å²) in [6.45, 7) is 8.33. The zero-order valence-electron chi connectivity index (χ0n) is 10.6. The van der Waals surface area contributed by atoms with Crippen LogP contribution >= 0.6 is 0 Å². The first-order valence-electron chi connectivity index (χ1n) is 6.13. The van der Waals surface area contributed by atoms with Crippen LogP contribution in [-0.4, -0.2) is 59.2 Å². The Morgan fingerprint density at radius 3 is 2.69 bits per heavy atom. The maximum Gasteiger partial charge on any atom is 0.0900 e. The normalized spacial score (nSPS) is 29.6. The molecular formula is C12H25NO3. The summed E-state index contributed by atoms with van der Waals surface area (Å²) < 4.78 is 5.36. The van der Waals surface area contributed by atoms with Crippen molar-refractivity contribution in [3.05, 3.63) is 0 Å². The van der Waals surface area contributed by atoms with Crippen molar-refractivity contribution in [2.45, 2.75) is 51.4 Å². The van der Waals surface area contributed by atoms with Gasteiger partial charge in [-0.25, -0.2) is 0 Å². The van der Waals surface area contributed by atoms with E-state index in [0.717, 1.165) is 19.4 Å². The van der Waals surface area contributed by atoms with E-state index >= 15 is 0 Å². The lowest BCUT2D eigenvalue weighted by Gasteiger charge is -2.37. The molecule has 0 spiro atoms. The number of hydrogen-bond acceptors (Lipinski definition) is 4. The molecule has 1 saturated heterocycles. The van der Waals surface area contributed by atoms with Gasteiger partial charge in [0.2, 0.25) is 0 Å². The lowest BCUT2D eigenvalue weighted by atomic mass is 9.95. The van der Waals surface area contributed by atoms with E-state index in [-0.39, 0.29) is 6.10 Å². The van der Waals surface area contributed by atoms with Gasteiger partial charge in [-0.05, 0) is 40.2 Å². The molecule has 0 saturated carbocycles. The van der Waals surface area contributed by atoms with Crippen molar-refractivity contribution in [2.24, 2.45) is 0 Å². The Morgan fingerprint density at radius 2 is 2.12 bits per heavy atom. The molecule has 0 aliphatic carbocycles. The molecule has 1 rings (SSSR count). The van der Waals surface area contributed by atoms with Crippen molar-refractivity contribution < 1.29 is 14.9 Å². The van der Waals surface area contributed by atoms with Gasteiger partial charge < -0.3 is 14.9 Å². The van der Waals surface area contributed by atoms with Crippen molar-refractivity contribution in [1.82, 2.24) is 4.90 Å². The number of β-amino-alcohol motifs (C(OH)–C–C–N with tert-alkyl or cyclic N) is 2. The van der Waals surface area contributed by atoms with E-state index in [1.807, 2.05) is 20.8 Å². The largest absolute Gasteiger partial charge is 0.389 e. The van der Waals surface area contributed by atoms with Gasteiger partial charge in [0, 0.05) is 13.1 Å². The summed E-state index contributed by atoms with van der Waals surface area (Å²) in [5.41, 5.74) is -0.600. The molecule has 0 amide bonds. The topological polar surface area (TPSA) is 52.9 Å². The number of piperidine rings is 1. The molecule has 1 fully saturated rings. The van der Waals surface area contributed by atoms with Crippen LogP contribution in [-0.2, 0) is 4.74 Å². The van der Waals surface area contributed by atoms with E-state index in [4.69, 9.17) is 4.74 Å². The monoisotopic (exact) mass is 231 g/mol. The fourth-order valence-corrected chi connectivity index (χ4v) is 2.13. The molecule has 0 aromatic carbocycles. The Balaban J connectivity index is 2.25. The highest BCUT2D eigenvalue weighted by Gasteiger charge is 2.29. The van der Waals surface area contributed by atoms with E-state index in [0.29, 0.717) is 19.7 Å². The zero-order valence-corrected chi connectivity index (χ0v) is 10.6. The second kappa shape index (κ2) is 5.96. The third-order valence-electron chi connectivity index (χ3n) is 2.84. The predicted octanol–water partition coefficient (Wildman–Crippen LogP) is 0.619. The standard InChI is InChI=1S/C12H25NO3/c1-10(2)16-8-11(14)7-13-6-4-5-12(3,15)9-13/h10-11,14-15H,4-9H2,1-3H3. The molecule has 0 aromatic heterocycles. The number of likely N-dealkylation sites (tertiary alicyclic amines) is 1. The lowest BCUT2D eigenvalue weighted by Crippen LogP contribution is -2.49. The molecule has 16 heavy (non-hydrogen) atoms. The molecule has 96 valence electrons. The van der Waals surface area contributed by atoms with Crippen molar-refractivity contribution in [3.8, 4) is 0 Å². The van der Waals surface area contributed by atoms with Crippen molar-refractivity contribution in [1.29, 1.82) is 0 Å². The Bertz CT molecular complexity index is 206. The average Bonchev–Trinajstić information content (AvgIpc) is 2.13. The summed E-state index contributed by atoms with van der Waals surface area (Å²) >= 11 is 0. The maximum atomic E-state index is 9.92. The van der Waals surface area contributed by atoms with E-state index in [1.165, 1.54) is 0 Å². The predicted molar refractivity (Wildman–Crippen MR) is 63.4 cm³/mol. The fourth-order valence-electron chi connectivity index (χ4n) is 2.13. The first-order valence-corrected chi connectivity index (χ1v) is 6.13. The fraction of sp³-hybridized carbons (Fsp3) is 1.00. The molecule has 0 radical (unpaired) electrons. The Morgan fingerprint density at radius 1 is 1.44 bits per heavy atom. The van der Waals surface area contributed by atoms with Crippen molar-refractivity contribution in [2.75, 3.05) is 26.2 Å². The molecule has 2 atom stereocenters. The smallest absolute Gasteiger partial charge is 0.0900 e. The highest BCUT2D eigenvalue weighted by atomic mass is 16.5. The summed E-state index contributed by atoms with van der Waals surface area (Å²) in [6.07, 6.45) is 1.53. The number of ether oxygens (including phenoxy) is 1. The minimum atomic E-state index is -0.600. The molecule has 1 aliphatic heterocycles. The van der Waals surface area contributed by atoms with Gasteiger partial charge in [0.1, 0.15) is 0 Å². The van der Waals surface area contributed by atoms with E-state index in [9.17, 15) is 10.2 Å². The first kappa shape index (κ1) is 13.9. The highest BCUT2D eigenvalue weighted by molar-refractivity contribution is 4.83. The van der Waals surface area contributed by atoms with E-state index in [2.05, 4.69) is 4.90 Å². The Kier molecular flexibility index (Phi) is 5.18. The SMILES string of the molecule is CC(C)OCC(O)CN1CCCC(C)(O)C1. The number of hydrogen-bond donors (Lipinski definition) is 2. The number of aliphatic hydroxyl groups is 2. The summed E-state index contributed by atoms with van der Waals surface area (Å²) in [7, 11) is 0. The van der Waals surface area contributed by atoms with Crippen molar-refractivity contribution >= 4 is 0 Å². The van der Waals surface area contributed by atoms with Gasteiger partial charge >= 0.3 is 0 Å². The summed E-state index contributed by atoms with van der Waals surface area (Å²) in [4.78, 5) is 2.11. The van der Waals surface area contributed by atoms with Crippen LogP contribution in [0.1, 0.15) is 33.6 Å². The molecule has 2 unspecified atom stereocenters. The van der Waals surface area contributed by atoms with Crippen LogP contribution in [0.3, 0.4) is 0 Å². The second-order valence-corrected chi connectivity index (χ2v) is 5.37. The lowest BCUT2D eigenvalue weighted by molar-refractivity contribution is -0.0469. The van der Waals surface area contributed by atoms with E-state index in [1.54, 1.807) is 0 Å². The zero-order chi connectivity index (χ0) is 12.2. The van der Waals surface area contributed by atoms with Gasteiger partial charge in [0.25, 0.3) is 0 Å². The molecule has 2 N–H and O–H groups in total. The minimum absolute atomic E-state index is 0.152. The third-order valence-corrected chi connectivity index (χ3v) is 2.84. The summed E-state index contributed by atoms with van der Waals surface area (Å²) in [5, 5.41) is 19.7. The minimum Gasteiger partial charge on any atom is -0.389 e. The molecule has 0 bridgehead atoms. The van der Waals surface area contributed by atoms with Crippen LogP contribution in [0.4, 0.5) is 0 Å². The van der Waals surface area contributed by atoms with Crippen LogP contribution in [0, 0.1) is 0 Å². The average molecular weight is 231 g/mol. The van der Waals surface area contributed by atoms with Crippen LogP contribution in [0.2, 0.25) is 0 Å². The third kappa shape index (κ3) is 5.25. The summed E-state index contributed by atoms with van der Waals surface area (Å²) in [6, 6.07) is 0. The Hall–Kier alpha value is -0.160. The quantitative estimate of drug-likeness (QED) is 0.728. The molecule has 4 heteroatoms. The number of rotatable bonds is 5. The molecule has 4 nitrogen and oxygen atoms in total. The van der Waals surface area contributed by atoms with Gasteiger partial charge in [0.05, 0.1) is 24.4 Å². The summed E-state index contributed by atoms with van der Waals surface area (Å²) in [5.74, 6) is 0. The molecule has 0 aromatic rings.